The van der Waals surface area contributed by atoms with Gasteiger partial charge in [0.25, 0.3) is 0 Å². The maximum atomic E-state index is 12.6. The molecular formula is C20H32N4O2. The Bertz CT molecular complexity index is 605. The summed E-state index contributed by atoms with van der Waals surface area (Å²) in [6, 6.07) is 7.87. The van der Waals surface area contributed by atoms with Crippen LogP contribution in [0.4, 0.5) is 11.4 Å². The van der Waals surface area contributed by atoms with Crippen molar-refractivity contribution in [3.8, 4) is 0 Å². The van der Waals surface area contributed by atoms with E-state index in [1.54, 1.807) is 13.8 Å². The predicted molar refractivity (Wildman–Crippen MR) is 106 cm³/mol. The van der Waals surface area contributed by atoms with Crippen molar-refractivity contribution >= 4 is 23.2 Å². The molecule has 144 valence electrons. The fourth-order valence-electron chi connectivity index (χ4n) is 2.91. The van der Waals surface area contributed by atoms with E-state index < -0.39 is 5.41 Å². The van der Waals surface area contributed by atoms with Gasteiger partial charge >= 0.3 is 0 Å². The number of hydrogen-bond donors (Lipinski definition) is 2. The Hall–Kier alpha value is -2.08. The number of nitrogens with zero attached hydrogens (tertiary/aromatic N) is 2. The third-order valence-electron chi connectivity index (χ3n) is 4.83. The molecule has 0 spiro atoms. The summed E-state index contributed by atoms with van der Waals surface area (Å²) < 4.78 is 0. The second-order valence-corrected chi connectivity index (χ2v) is 7.73. The first-order valence-corrected chi connectivity index (χ1v) is 9.40. The van der Waals surface area contributed by atoms with Crippen LogP contribution in [0.2, 0.25) is 0 Å². The fraction of sp³-hybridized carbons (Fsp3) is 0.600. The number of amides is 2. The highest BCUT2D eigenvalue weighted by atomic mass is 16.2. The summed E-state index contributed by atoms with van der Waals surface area (Å²) in [6.07, 6.45) is 3.77. The van der Waals surface area contributed by atoms with Crippen molar-refractivity contribution in [2.24, 2.45) is 5.41 Å². The van der Waals surface area contributed by atoms with Crippen LogP contribution in [0.3, 0.4) is 0 Å². The summed E-state index contributed by atoms with van der Waals surface area (Å²) in [5, 5.41) is 5.69. The van der Waals surface area contributed by atoms with Gasteiger partial charge in [-0.15, -0.1) is 0 Å². The standard InChI is InChI=1S/C20H32N4O2/c1-20(2,18(25)21-12-15-23(3)4)19(26)22-16-8-10-17(11-9-16)24-13-6-5-7-14-24/h8-11H,5-7,12-15H2,1-4H3,(H,21,25)(H,22,26). The van der Waals surface area contributed by atoms with Crippen LogP contribution in [0.15, 0.2) is 24.3 Å². The molecule has 1 fully saturated rings. The Kier molecular flexibility index (Phi) is 7.03. The van der Waals surface area contributed by atoms with Gasteiger partial charge in [0.05, 0.1) is 0 Å². The van der Waals surface area contributed by atoms with Gasteiger partial charge in [0.2, 0.25) is 11.8 Å². The van der Waals surface area contributed by atoms with E-state index in [-0.39, 0.29) is 11.8 Å². The zero-order valence-corrected chi connectivity index (χ0v) is 16.5. The molecule has 0 unspecified atom stereocenters. The number of carbonyl (C=O) groups is 2. The Labute approximate surface area is 156 Å². The minimum atomic E-state index is -1.13. The van der Waals surface area contributed by atoms with Crippen molar-refractivity contribution < 1.29 is 9.59 Å². The number of nitrogens with one attached hydrogen (secondary N) is 2. The molecule has 0 saturated carbocycles. The van der Waals surface area contributed by atoms with Crippen LogP contribution < -0.4 is 15.5 Å². The quantitative estimate of drug-likeness (QED) is 0.733. The first-order valence-electron chi connectivity index (χ1n) is 9.40. The van der Waals surface area contributed by atoms with Crippen molar-refractivity contribution in [3.63, 3.8) is 0 Å². The van der Waals surface area contributed by atoms with Crippen molar-refractivity contribution in [1.29, 1.82) is 0 Å². The largest absolute Gasteiger partial charge is 0.372 e. The van der Waals surface area contributed by atoms with Gasteiger partial charge in [0, 0.05) is 37.6 Å². The van der Waals surface area contributed by atoms with E-state index in [9.17, 15) is 9.59 Å². The lowest BCUT2D eigenvalue weighted by atomic mass is 9.91. The van der Waals surface area contributed by atoms with Crippen LogP contribution >= 0.6 is 0 Å². The van der Waals surface area contributed by atoms with Crippen molar-refractivity contribution in [1.82, 2.24) is 10.2 Å². The highest BCUT2D eigenvalue weighted by Crippen LogP contribution is 2.23. The molecule has 2 amide bonds. The first kappa shape index (κ1) is 20.2. The zero-order valence-electron chi connectivity index (χ0n) is 16.5. The van der Waals surface area contributed by atoms with Gasteiger partial charge in [-0.2, -0.15) is 0 Å². The van der Waals surface area contributed by atoms with E-state index >= 15 is 0 Å². The summed E-state index contributed by atoms with van der Waals surface area (Å²) in [7, 11) is 3.88. The van der Waals surface area contributed by atoms with Crippen LogP contribution in [0.5, 0.6) is 0 Å². The molecule has 1 aliphatic heterocycles. The molecule has 1 aromatic rings. The molecule has 26 heavy (non-hydrogen) atoms. The Balaban J connectivity index is 1.91. The smallest absolute Gasteiger partial charge is 0.239 e. The van der Waals surface area contributed by atoms with Crippen molar-refractivity contribution in [3.05, 3.63) is 24.3 Å². The van der Waals surface area contributed by atoms with E-state index in [2.05, 4.69) is 15.5 Å². The summed E-state index contributed by atoms with van der Waals surface area (Å²) in [6.45, 7) is 6.73. The lowest BCUT2D eigenvalue weighted by Crippen LogP contribution is -2.46. The summed E-state index contributed by atoms with van der Waals surface area (Å²) >= 11 is 0. The number of benzene rings is 1. The van der Waals surface area contributed by atoms with Gasteiger partial charge in [0.1, 0.15) is 5.41 Å². The normalized spacial score (nSPS) is 15.0. The predicted octanol–water partition coefficient (Wildman–Crippen LogP) is 2.32. The van der Waals surface area contributed by atoms with E-state index in [4.69, 9.17) is 0 Å². The van der Waals surface area contributed by atoms with Gasteiger partial charge in [-0.05, 0) is 71.5 Å². The van der Waals surface area contributed by atoms with Crippen LogP contribution in [-0.2, 0) is 9.59 Å². The van der Waals surface area contributed by atoms with E-state index in [0.29, 0.717) is 12.2 Å². The second kappa shape index (κ2) is 9.03. The average Bonchev–Trinajstić information content (AvgIpc) is 2.62. The third kappa shape index (κ3) is 5.46. The van der Waals surface area contributed by atoms with E-state index in [1.807, 2.05) is 43.3 Å². The first-order chi connectivity index (χ1) is 12.3. The number of likely N-dealkylation sites (N-methyl/N-ethyl adjacent to an activating group) is 1. The highest BCUT2D eigenvalue weighted by molar-refractivity contribution is 6.09. The number of carbonyl (C=O) groups excluding carboxylic acids is 2. The van der Waals surface area contributed by atoms with Gasteiger partial charge in [0.15, 0.2) is 0 Å². The molecule has 6 heteroatoms. The van der Waals surface area contributed by atoms with Gasteiger partial charge in [-0.25, -0.2) is 0 Å². The molecule has 0 aromatic heterocycles. The summed E-state index contributed by atoms with van der Waals surface area (Å²) in [4.78, 5) is 29.3. The van der Waals surface area contributed by atoms with Crippen LogP contribution in [0.1, 0.15) is 33.1 Å². The molecule has 6 nitrogen and oxygen atoms in total. The highest BCUT2D eigenvalue weighted by Gasteiger charge is 2.35. The second-order valence-electron chi connectivity index (χ2n) is 7.73. The van der Waals surface area contributed by atoms with E-state index in [1.165, 1.54) is 24.9 Å². The van der Waals surface area contributed by atoms with Gasteiger partial charge < -0.3 is 20.4 Å². The lowest BCUT2D eigenvalue weighted by molar-refractivity contribution is -0.138. The number of hydrogen-bond acceptors (Lipinski definition) is 4. The molecule has 1 aromatic carbocycles. The number of anilines is 2. The van der Waals surface area contributed by atoms with Gasteiger partial charge in [-0.3, -0.25) is 9.59 Å². The molecule has 0 radical (unpaired) electrons. The molecular weight excluding hydrogens is 328 g/mol. The maximum absolute atomic E-state index is 12.6. The SMILES string of the molecule is CN(C)CCNC(=O)C(C)(C)C(=O)Nc1ccc(N2CCCCC2)cc1. The monoisotopic (exact) mass is 360 g/mol. The summed E-state index contributed by atoms with van der Waals surface area (Å²) in [5.74, 6) is -0.563. The molecule has 0 aliphatic carbocycles. The van der Waals surface area contributed by atoms with Crippen molar-refractivity contribution in [2.45, 2.75) is 33.1 Å². The maximum Gasteiger partial charge on any atom is 0.239 e. The van der Waals surface area contributed by atoms with Gasteiger partial charge in [-0.1, -0.05) is 0 Å². The van der Waals surface area contributed by atoms with E-state index in [0.717, 1.165) is 19.6 Å². The Morgan fingerprint density at radius 2 is 1.65 bits per heavy atom. The molecule has 2 N–H and O–H groups in total. The average molecular weight is 361 g/mol. The third-order valence-corrected chi connectivity index (χ3v) is 4.83. The molecule has 0 atom stereocenters. The molecule has 1 saturated heterocycles. The summed E-state index contributed by atoms with van der Waals surface area (Å²) in [5.41, 5.74) is 0.769. The molecule has 2 rings (SSSR count). The van der Waals surface area contributed by atoms with Crippen LogP contribution in [0, 0.1) is 5.41 Å². The van der Waals surface area contributed by atoms with Crippen LogP contribution in [0.25, 0.3) is 0 Å². The van der Waals surface area contributed by atoms with Crippen molar-refractivity contribution in [2.75, 3.05) is 50.5 Å². The topological polar surface area (TPSA) is 64.7 Å². The molecule has 1 heterocycles. The fourth-order valence-corrected chi connectivity index (χ4v) is 2.91. The Morgan fingerprint density at radius 1 is 1.04 bits per heavy atom. The minimum Gasteiger partial charge on any atom is -0.372 e. The number of rotatable bonds is 7. The molecule has 0 bridgehead atoms. The van der Waals surface area contributed by atoms with Crippen LogP contribution in [-0.4, -0.2) is 57.0 Å². The number of piperidine rings is 1. The lowest BCUT2D eigenvalue weighted by Gasteiger charge is -2.29. The molecule has 1 aliphatic rings. The zero-order chi connectivity index (χ0) is 19.2. The Morgan fingerprint density at radius 3 is 2.23 bits per heavy atom. The minimum absolute atomic E-state index is 0.262.